The van der Waals surface area contributed by atoms with Gasteiger partial charge in [-0.3, -0.25) is 19.0 Å². The highest BCUT2D eigenvalue weighted by atomic mass is 16.5. The maximum absolute atomic E-state index is 13.1. The number of H-pyrrole nitrogens is 1. The Morgan fingerprint density at radius 1 is 1.00 bits per heavy atom. The maximum atomic E-state index is 13.1. The fraction of sp³-hybridized carbons (Fsp3) is 0.615. The number of hydrogen-bond acceptors (Lipinski definition) is 6. The lowest BCUT2D eigenvalue weighted by Gasteiger charge is -2.38. The van der Waals surface area contributed by atoms with E-state index in [0.29, 0.717) is 56.0 Å². The average molecular weight is 499 g/mol. The Kier molecular flexibility index (Phi) is 7.13. The molecular formula is C26H34N4O6. The van der Waals surface area contributed by atoms with E-state index in [2.05, 4.69) is 4.98 Å². The summed E-state index contributed by atoms with van der Waals surface area (Å²) in [7, 11) is 1.54. The number of nitrogens with one attached hydrogen (secondary N) is 1. The lowest BCUT2D eigenvalue weighted by Crippen LogP contribution is -2.54. The van der Waals surface area contributed by atoms with E-state index in [4.69, 9.17) is 9.47 Å². The molecule has 194 valence electrons. The van der Waals surface area contributed by atoms with E-state index in [9.17, 15) is 19.2 Å². The Hall–Kier alpha value is -3.14. The van der Waals surface area contributed by atoms with Gasteiger partial charge in [0.05, 0.1) is 18.0 Å². The summed E-state index contributed by atoms with van der Waals surface area (Å²) >= 11 is 0. The Balaban J connectivity index is 1.15. The summed E-state index contributed by atoms with van der Waals surface area (Å²) in [5.74, 6) is 0.895. The number of fused-ring (bicyclic) bond motifs is 1. The van der Waals surface area contributed by atoms with Crippen molar-refractivity contribution in [1.29, 1.82) is 0 Å². The number of carbonyl (C=O) groups is 2. The number of benzene rings is 1. The molecule has 2 saturated heterocycles. The van der Waals surface area contributed by atoms with Crippen LogP contribution in [-0.4, -0.2) is 77.2 Å². The molecule has 2 aromatic rings. The largest absolute Gasteiger partial charge is 0.497 e. The van der Waals surface area contributed by atoms with Crippen LogP contribution >= 0.6 is 0 Å². The van der Waals surface area contributed by atoms with Gasteiger partial charge in [0, 0.05) is 45.2 Å². The minimum Gasteiger partial charge on any atom is -0.497 e. The van der Waals surface area contributed by atoms with Crippen LogP contribution in [0.5, 0.6) is 5.75 Å². The molecule has 0 unspecified atom stereocenters. The van der Waals surface area contributed by atoms with Crippen molar-refractivity contribution >= 4 is 22.7 Å². The van der Waals surface area contributed by atoms with Crippen LogP contribution in [0.3, 0.4) is 0 Å². The molecule has 3 aliphatic rings. The van der Waals surface area contributed by atoms with Crippen molar-refractivity contribution in [3.8, 4) is 5.75 Å². The van der Waals surface area contributed by atoms with Crippen LogP contribution in [-0.2, 0) is 20.9 Å². The first-order valence-electron chi connectivity index (χ1n) is 12.9. The van der Waals surface area contributed by atoms with Gasteiger partial charge in [0.15, 0.2) is 0 Å². The topological polar surface area (TPSA) is 114 Å². The highest BCUT2D eigenvalue weighted by Gasteiger charge is 2.34. The number of aromatic amines is 1. The molecule has 3 heterocycles. The molecule has 1 N–H and O–H groups in total. The lowest BCUT2D eigenvalue weighted by atomic mass is 9.81. The van der Waals surface area contributed by atoms with Crippen LogP contribution in [0.25, 0.3) is 10.9 Å². The molecule has 2 amide bonds. The summed E-state index contributed by atoms with van der Waals surface area (Å²) < 4.78 is 12.0. The molecule has 10 heteroatoms. The minimum absolute atomic E-state index is 0.0439. The van der Waals surface area contributed by atoms with Gasteiger partial charge in [0.2, 0.25) is 5.91 Å². The molecule has 10 nitrogen and oxygen atoms in total. The van der Waals surface area contributed by atoms with Crippen LogP contribution in [0.15, 0.2) is 27.8 Å². The average Bonchev–Trinajstić information content (AvgIpc) is 3.46. The molecule has 5 rings (SSSR count). The van der Waals surface area contributed by atoms with Gasteiger partial charge in [-0.1, -0.05) is 0 Å². The number of methoxy groups -OCH3 is 1. The van der Waals surface area contributed by atoms with Gasteiger partial charge in [-0.2, -0.15) is 0 Å². The van der Waals surface area contributed by atoms with Crippen molar-refractivity contribution in [3.63, 3.8) is 0 Å². The van der Waals surface area contributed by atoms with Gasteiger partial charge in [-0.05, 0) is 62.6 Å². The van der Waals surface area contributed by atoms with Crippen molar-refractivity contribution in [2.75, 3.05) is 39.9 Å². The van der Waals surface area contributed by atoms with E-state index in [0.717, 1.165) is 38.5 Å². The number of nitrogens with zero attached hydrogens (tertiary/aromatic N) is 3. The number of piperazine rings is 1. The Labute approximate surface area is 209 Å². The molecule has 1 atom stereocenters. The van der Waals surface area contributed by atoms with Gasteiger partial charge < -0.3 is 24.3 Å². The zero-order chi connectivity index (χ0) is 25.2. The van der Waals surface area contributed by atoms with Gasteiger partial charge in [-0.15, -0.1) is 0 Å². The molecule has 1 aliphatic carbocycles. The second-order valence-electron chi connectivity index (χ2n) is 10.1. The number of rotatable bonds is 5. The molecule has 1 saturated carbocycles. The standard InChI is InChI=1S/C26H34N4O6/c1-35-19-8-9-21-20(15-19)24(32)30(26(34)27-21)16-17-4-6-18(7-5-17)23(31)28-10-12-29(13-11-28)25(33)22-3-2-14-36-22/h8-9,15,17-18,22H,2-7,10-14,16H2,1H3,(H,27,34)/t17?,18?,22-/m0/s1. The lowest BCUT2D eigenvalue weighted by molar-refractivity contribution is -0.147. The molecule has 36 heavy (non-hydrogen) atoms. The van der Waals surface area contributed by atoms with Crippen molar-refractivity contribution in [1.82, 2.24) is 19.4 Å². The maximum Gasteiger partial charge on any atom is 0.328 e. The summed E-state index contributed by atoms with van der Waals surface area (Å²) in [6, 6.07) is 5.03. The highest BCUT2D eigenvalue weighted by molar-refractivity contribution is 5.82. The van der Waals surface area contributed by atoms with E-state index in [1.165, 1.54) is 11.7 Å². The van der Waals surface area contributed by atoms with E-state index in [1.54, 1.807) is 18.2 Å². The van der Waals surface area contributed by atoms with Crippen molar-refractivity contribution in [3.05, 3.63) is 39.0 Å². The molecule has 1 aromatic carbocycles. The summed E-state index contributed by atoms with van der Waals surface area (Å²) in [6.07, 6.45) is 4.46. The summed E-state index contributed by atoms with van der Waals surface area (Å²) in [6.45, 7) is 3.21. The van der Waals surface area contributed by atoms with Crippen LogP contribution in [0.2, 0.25) is 0 Å². The van der Waals surface area contributed by atoms with Crippen LogP contribution < -0.4 is 16.0 Å². The molecule has 2 aliphatic heterocycles. The summed E-state index contributed by atoms with van der Waals surface area (Å²) in [4.78, 5) is 57.8. The third-order valence-corrected chi connectivity index (χ3v) is 7.93. The second-order valence-corrected chi connectivity index (χ2v) is 10.1. The SMILES string of the molecule is COc1ccc2[nH]c(=O)n(CC3CCC(C(=O)N4CCN(C(=O)[C@@H]5CCCO5)CC4)CC3)c(=O)c2c1. The number of hydrogen-bond donors (Lipinski definition) is 1. The highest BCUT2D eigenvalue weighted by Crippen LogP contribution is 2.31. The second kappa shape index (κ2) is 10.5. The number of amides is 2. The molecule has 1 aromatic heterocycles. The van der Waals surface area contributed by atoms with Crippen molar-refractivity contribution < 1.29 is 19.1 Å². The first kappa shape index (κ1) is 24.5. The molecule has 3 fully saturated rings. The third-order valence-electron chi connectivity index (χ3n) is 7.93. The quantitative estimate of drug-likeness (QED) is 0.666. The van der Waals surface area contributed by atoms with Crippen molar-refractivity contribution in [2.45, 2.75) is 51.2 Å². The predicted octanol–water partition coefficient (Wildman–Crippen LogP) is 1.35. The Bertz CT molecular complexity index is 1230. The first-order valence-corrected chi connectivity index (χ1v) is 12.9. The molecular weight excluding hydrogens is 464 g/mol. The van der Waals surface area contributed by atoms with E-state index < -0.39 is 5.69 Å². The van der Waals surface area contributed by atoms with Crippen LogP contribution in [0.1, 0.15) is 38.5 Å². The Morgan fingerprint density at radius 2 is 1.69 bits per heavy atom. The first-order chi connectivity index (χ1) is 17.4. The summed E-state index contributed by atoms with van der Waals surface area (Å²) in [5.41, 5.74) is -0.235. The zero-order valence-corrected chi connectivity index (χ0v) is 20.7. The number of carbonyl (C=O) groups excluding carboxylic acids is 2. The predicted molar refractivity (Wildman–Crippen MR) is 133 cm³/mol. The zero-order valence-electron chi connectivity index (χ0n) is 20.7. The summed E-state index contributed by atoms with van der Waals surface area (Å²) in [5, 5.41) is 0.426. The monoisotopic (exact) mass is 498 g/mol. The van der Waals surface area contributed by atoms with E-state index in [1.807, 2.05) is 9.80 Å². The molecule has 0 bridgehead atoms. The number of ether oxygens (including phenoxy) is 2. The minimum atomic E-state index is -0.411. The Morgan fingerprint density at radius 3 is 2.33 bits per heavy atom. The van der Waals surface area contributed by atoms with E-state index in [-0.39, 0.29) is 35.3 Å². The smallest absolute Gasteiger partial charge is 0.328 e. The van der Waals surface area contributed by atoms with Gasteiger partial charge in [0.1, 0.15) is 11.9 Å². The van der Waals surface area contributed by atoms with Crippen molar-refractivity contribution in [2.24, 2.45) is 11.8 Å². The number of aromatic nitrogens is 2. The fourth-order valence-electron chi connectivity index (χ4n) is 5.75. The molecule has 0 spiro atoms. The third kappa shape index (κ3) is 4.91. The van der Waals surface area contributed by atoms with E-state index >= 15 is 0 Å². The van der Waals surface area contributed by atoms with Crippen LogP contribution in [0.4, 0.5) is 0 Å². The van der Waals surface area contributed by atoms with Gasteiger partial charge in [-0.25, -0.2) is 4.79 Å². The van der Waals surface area contributed by atoms with Gasteiger partial charge >= 0.3 is 5.69 Å². The fourth-order valence-corrected chi connectivity index (χ4v) is 5.75. The normalized spacial score (nSPS) is 24.8. The van der Waals surface area contributed by atoms with Crippen LogP contribution in [0, 0.1) is 11.8 Å². The van der Waals surface area contributed by atoms with Gasteiger partial charge in [0.25, 0.3) is 11.5 Å². The molecule has 0 radical (unpaired) electrons.